The third kappa shape index (κ3) is 4.97. The first-order valence-electron chi connectivity index (χ1n) is 7.03. The van der Waals surface area contributed by atoms with E-state index in [2.05, 4.69) is 30.3 Å². The molecule has 2 aromatic heterocycles. The van der Waals surface area contributed by atoms with Gasteiger partial charge in [-0.25, -0.2) is 19.3 Å². The standard InChI is InChI=1S/C15H16FN5O3/c1-9-5-12(21-15(19-9)20-10(2)22)14(23)18-7-11-3-4-13(17-6-11)24-8-16/h3-6H,7-8H2,1-2H3,(H,18,23)(H,19,20,21,22). The summed E-state index contributed by atoms with van der Waals surface area (Å²) in [4.78, 5) is 35.1. The van der Waals surface area contributed by atoms with E-state index in [0.717, 1.165) is 0 Å². The Hall–Kier alpha value is -3.10. The molecular weight excluding hydrogens is 317 g/mol. The van der Waals surface area contributed by atoms with Crippen LogP contribution in [0.15, 0.2) is 24.4 Å². The smallest absolute Gasteiger partial charge is 0.270 e. The van der Waals surface area contributed by atoms with Gasteiger partial charge in [0.1, 0.15) is 5.69 Å². The predicted octanol–water partition coefficient (Wildman–Crippen LogP) is 1.37. The molecule has 0 saturated heterocycles. The summed E-state index contributed by atoms with van der Waals surface area (Å²) in [5.74, 6) is -0.509. The van der Waals surface area contributed by atoms with Gasteiger partial charge >= 0.3 is 0 Å². The summed E-state index contributed by atoms with van der Waals surface area (Å²) in [6.07, 6.45) is 1.47. The highest BCUT2D eigenvalue weighted by Gasteiger charge is 2.11. The number of nitrogens with one attached hydrogen (secondary N) is 2. The maximum absolute atomic E-state index is 12.2. The number of hydrogen-bond donors (Lipinski definition) is 2. The summed E-state index contributed by atoms with van der Waals surface area (Å²) < 4.78 is 16.6. The van der Waals surface area contributed by atoms with Crippen LogP contribution in [0, 0.1) is 6.92 Å². The van der Waals surface area contributed by atoms with E-state index in [9.17, 15) is 14.0 Å². The van der Waals surface area contributed by atoms with Gasteiger partial charge in [-0.05, 0) is 18.6 Å². The van der Waals surface area contributed by atoms with E-state index in [4.69, 9.17) is 0 Å². The fraction of sp³-hybridized carbons (Fsp3) is 0.267. The van der Waals surface area contributed by atoms with Gasteiger partial charge in [0.05, 0.1) is 0 Å². The Morgan fingerprint density at radius 2 is 2.08 bits per heavy atom. The van der Waals surface area contributed by atoms with Crippen molar-refractivity contribution in [3.63, 3.8) is 0 Å². The van der Waals surface area contributed by atoms with Crippen molar-refractivity contribution in [3.8, 4) is 5.88 Å². The molecule has 0 unspecified atom stereocenters. The zero-order chi connectivity index (χ0) is 17.5. The average molecular weight is 333 g/mol. The van der Waals surface area contributed by atoms with Gasteiger partial charge in [-0.3, -0.25) is 14.9 Å². The van der Waals surface area contributed by atoms with Gasteiger partial charge in [-0.1, -0.05) is 6.07 Å². The van der Waals surface area contributed by atoms with Crippen LogP contribution in [0.3, 0.4) is 0 Å². The summed E-state index contributed by atoms with van der Waals surface area (Å²) in [5, 5.41) is 5.11. The molecule has 126 valence electrons. The quantitative estimate of drug-likeness (QED) is 0.827. The van der Waals surface area contributed by atoms with Crippen molar-refractivity contribution in [3.05, 3.63) is 41.3 Å². The highest BCUT2D eigenvalue weighted by molar-refractivity contribution is 5.93. The zero-order valence-electron chi connectivity index (χ0n) is 13.2. The normalized spacial score (nSPS) is 10.1. The molecule has 0 radical (unpaired) electrons. The van der Waals surface area contributed by atoms with E-state index < -0.39 is 12.8 Å². The molecule has 0 atom stereocenters. The van der Waals surface area contributed by atoms with Crippen LogP contribution < -0.4 is 15.4 Å². The summed E-state index contributed by atoms with van der Waals surface area (Å²) in [5.41, 5.74) is 1.40. The Balaban J connectivity index is 2.01. The maximum atomic E-state index is 12.2. The van der Waals surface area contributed by atoms with Gasteiger partial charge in [0.15, 0.2) is 0 Å². The number of rotatable bonds is 6. The molecule has 0 aromatic carbocycles. The molecule has 0 spiro atoms. The minimum atomic E-state index is -0.952. The number of halogens is 1. The lowest BCUT2D eigenvalue weighted by Crippen LogP contribution is -2.25. The van der Waals surface area contributed by atoms with Crippen molar-refractivity contribution in [2.24, 2.45) is 0 Å². The van der Waals surface area contributed by atoms with Crippen LogP contribution in [-0.4, -0.2) is 33.6 Å². The van der Waals surface area contributed by atoms with E-state index in [-0.39, 0.29) is 30.0 Å². The molecule has 9 heteroatoms. The van der Waals surface area contributed by atoms with E-state index in [1.807, 2.05) is 0 Å². The number of aryl methyl sites for hydroxylation is 1. The summed E-state index contributed by atoms with van der Waals surface area (Å²) in [6, 6.07) is 4.67. The van der Waals surface area contributed by atoms with Crippen LogP contribution in [0.25, 0.3) is 0 Å². The second kappa shape index (κ2) is 7.95. The third-order valence-corrected chi connectivity index (χ3v) is 2.83. The number of anilines is 1. The van der Waals surface area contributed by atoms with Crippen molar-refractivity contribution in [1.29, 1.82) is 0 Å². The molecule has 0 aliphatic heterocycles. The Kier molecular flexibility index (Phi) is 5.72. The molecule has 8 nitrogen and oxygen atoms in total. The first kappa shape index (κ1) is 17.3. The van der Waals surface area contributed by atoms with Gasteiger partial charge in [0.2, 0.25) is 24.6 Å². The number of nitrogens with zero attached hydrogens (tertiary/aromatic N) is 3. The summed E-state index contributed by atoms with van der Waals surface area (Å²) in [7, 11) is 0. The number of hydrogen-bond acceptors (Lipinski definition) is 6. The number of carbonyl (C=O) groups excluding carboxylic acids is 2. The highest BCUT2D eigenvalue weighted by Crippen LogP contribution is 2.08. The van der Waals surface area contributed by atoms with Gasteiger partial charge < -0.3 is 10.1 Å². The van der Waals surface area contributed by atoms with Gasteiger partial charge in [0.25, 0.3) is 5.91 Å². The lowest BCUT2D eigenvalue weighted by molar-refractivity contribution is -0.114. The van der Waals surface area contributed by atoms with Crippen molar-refractivity contribution < 1.29 is 18.7 Å². The molecule has 2 N–H and O–H groups in total. The topological polar surface area (TPSA) is 106 Å². The molecule has 0 aliphatic carbocycles. The van der Waals surface area contributed by atoms with Crippen molar-refractivity contribution in [2.75, 3.05) is 12.2 Å². The Bertz CT molecular complexity index is 736. The van der Waals surface area contributed by atoms with Crippen LogP contribution in [-0.2, 0) is 11.3 Å². The number of pyridine rings is 1. The van der Waals surface area contributed by atoms with Crippen LogP contribution in [0.2, 0.25) is 0 Å². The van der Waals surface area contributed by atoms with E-state index in [1.165, 1.54) is 25.3 Å². The minimum Gasteiger partial charge on any atom is -0.446 e. The Labute approximate surface area is 137 Å². The van der Waals surface area contributed by atoms with Crippen LogP contribution in [0.1, 0.15) is 28.7 Å². The van der Waals surface area contributed by atoms with Crippen molar-refractivity contribution >= 4 is 17.8 Å². The molecule has 2 heterocycles. The van der Waals surface area contributed by atoms with Gasteiger partial charge in [-0.2, -0.15) is 0 Å². The number of ether oxygens (including phenoxy) is 1. The molecule has 0 saturated carbocycles. The largest absolute Gasteiger partial charge is 0.446 e. The molecule has 24 heavy (non-hydrogen) atoms. The lowest BCUT2D eigenvalue weighted by Gasteiger charge is -2.08. The SMILES string of the molecule is CC(=O)Nc1nc(C)cc(C(=O)NCc2ccc(OCF)nc2)n1. The Morgan fingerprint density at radius 1 is 1.29 bits per heavy atom. The fourth-order valence-electron chi connectivity index (χ4n) is 1.83. The number of amides is 2. The van der Waals surface area contributed by atoms with Crippen LogP contribution >= 0.6 is 0 Å². The van der Waals surface area contributed by atoms with Crippen molar-refractivity contribution in [1.82, 2.24) is 20.3 Å². The molecule has 0 aliphatic rings. The fourth-order valence-corrected chi connectivity index (χ4v) is 1.83. The number of aromatic nitrogens is 3. The van der Waals surface area contributed by atoms with E-state index in [1.54, 1.807) is 13.0 Å². The zero-order valence-corrected chi connectivity index (χ0v) is 13.2. The third-order valence-electron chi connectivity index (χ3n) is 2.83. The number of carbonyl (C=O) groups is 2. The van der Waals surface area contributed by atoms with Crippen LogP contribution in [0.4, 0.5) is 10.3 Å². The molecule has 0 bridgehead atoms. The van der Waals surface area contributed by atoms with Gasteiger partial charge in [-0.15, -0.1) is 0 Å². The predicted molar refractivity (Wildman–Crippen MR) is 83.1 cm³/mol. The van der Waals surface area contributed by atoms with E-state index in [0.29, 0.717) is 11.3 Å². The molecule has 0 fully saturated rings. The molecular formula is C15H16FN5O3. The second-order valence-electron chi connectivity index (χ2n) is 4.84. The summed E-state index contributed by atoms with van der Waals surface area (Å²) >= 11 is 0. The molecule has 2 rings (SSSR count). The monoisotopic (exact) mass is 333 g/mol. The minimum absolute atomic E-state index is 0.0713. The second-order valence-corrected chi connectivity index (χ2v) is 4.84. The van der Waals surface area contributed by atoms with Crippen molar-refractivity contribution in [2.45, 2.75) is 20.4 Å². The average Bonchev–Trinajstić information content (AvgIpc) is 2.53. The maximum Gasteiger partial charge on any atom is 0.270 e. The number of alkyl halides is 1. The first-order valence-corrected chi connectivity index (χ1v) is 7.03. The van der Waals surface area contributed by atoms with Gasteiger partial charge in [0, 0.05) is 31.4 Å². The lowest BCUT2D eigenvalue weighted by atomic mass is 10.2. The Morgan fingerprint density at radius 3 is 2.71 bits per heavy atom. The molecule has 2 aromatic rings. The first-order chi connectivity index (χ1) is 11.5. The summed E-state index contributed by atoms with van der Waals surface area (Å²) in [6.45, 7) is 2.28. The molecule has 2 amide bonds. The highest BCUT2D eigenvalue weighted by atomic mass is 19.1. The van der Waals surface area contributed by atoms with E-state index >= 15 is 0 Å². The van der Waals surface area contributed by atoms with Crippen LogP contribution in [0.5, 0.6) is 5.88 Å².